The highest BCUT2D eigenvalue weighted by Gasteiger charge is 2.34. The van der Waals surface area contributed by atoms with Gasteiger partial charge in [-0.2, -0.15) is 0 Å². The summed E-state index contributed by atoms with van der Waals surface area (Å²) in [4.78, 5) is 24.1. The molecule has 6 heteroatoms. The van der Waals surface area contributed by atoms with Crippen LogP contribution in [0.25, 0.3) is 0 Å². The summed E-state index contributed by atoms with van der Waals surface area (Å²) in [6, 6.07) is 8.58. The number of carbonyl (C=O) groups is 2. The zero-order valence-electron chi connectivity index (χ0n) is 15.6. The molecule has 2 heterocycles. The van der Waals surface area contributed by atoms with Gasteiger partial charge in [0.15, 0.2) is 0 Å². The quantitative estimate of drug-likeness (QED) is 0.700. The number of nitrogens with one attached hydrogen (secondary N) is 3. The lowest BCUT2D eigenvalue weighted by atomic mass is 9.89. The fraction of sp³-hybridized carbons (Fsp3) is 0.600. The van der Waals surface area contributed by atoms with Crippen molar-refractivity contribution in [2.24, 2.45) is 11.8 Å². The maximum Gasteiger partial charge on any atom is 0.224 e. The molecule has 0 aliphatic carbocycles. The van der Waals surface area contributed by atoms with Gasteiger partial charge >= 0.3 is 0 Å². The molecule has 0 radical (unpaired) electrons. The highest BCUT2D eigenvalue weighted by atomic mass is 35.5. The van der Waals surface area contributed by atoms with Crippen LogP contribution in [0.2, 0.25) is 0 Å². The normalized spacial score (nSPS) is 24.0. The molecule has 2 bridgehead atoms. The zero-order chi connectivity index (χ0) is 17.8. The summed E-state index contributed by atoms with van der Waals surface area (Å²) in [6.45, 7) is 4.04. The Labute approximate surface area is 162 Å². The van der Waals surface area contributed by atoms with Crippen LogP contribution in [0.4, 0.5) is 11.4 Å². The number of piperidine rings is 1. The Morgan fingerprint density at radius 1 is 1.00 bits per heavy atom. The second-order valence-corrected chi connectivity index (χ2v) is 7.95. The lowest BCUT2D eigenvalue weighted by molar-refractivity contribution is -0.118. The van der Waals surface area contributed by atoms with Crippen LogP contribution in [0.15, 0.2) is 24.3 Å². The van der Waals surface area contributed by atoms with Gasteiger partial charge in [-0.05, 0) is 61.8 Å². The minimum atomic E-state index is 0. The lowest BCUT2D eigenvalue weighted by Crippen LogP contribution is -2.39. The Hall–Kier alpha value is -1.59. The summed E-state index contributed by atoms with van der Waals surface area (Å²) >= 11 is 0. The van der Waals surface area contributed by atoms with Gasteiger partial charge in [0.25, 0.3) is 0 Å². The van der Waals surface area contributed by atoms with Gasteiger partial charge in [0.1, 0.15) is 0 Å². The Morgan fingerprint density at radius 3 is 2.00 bits per heavy atom. The number of benzene rings is 1. The molecule has 3 rings (SSSR count). The first-order valence-electron chi connectivity index (χ1n) is 9.43. The fourth-order valence-electron chi connectivity index (χ4n) is 4.04. The maximum atomic E-state index is 12.3. The average molecular weight is 380 g/mol. The molecular weight excluding hydrogens is 350 g/mol. The molecule has 2 atom stereocenters. The van der Waals surface area contributed by atoms with E-state index >= 15 is 0 Å². The topological polar surface area (TPSA) is 70.2 Å². The van der Waals surface area contributed by atoms with Crippen molar-refractivity contribution in [1.29, 1.82) is 0 Å². The summed E-state index contributed by atoms with van der Waals surface area (Å²) in [5, 5.41) is 9.47. The lowest BCUT2D eigenvalue weighted by Gasteiger charge is -2.28. The monoisotopic (exact) mass is 379 g/mol. The van der Waals surface area contributed by atoms with Crippen molar-refractivity contribution in [2.45, 2.75) is 64.5 Å². The number of rotatable bonds is 6. The van der Waals surface area contributed by atoms with Crippen LogP contribution in [0, 0.1) is 11.8 Å². The summed E-state index contributed by atoms with van der Waals surface area (Å²) in [7, 11) is 0. The van der Waals surface area contributed by atoms with E-state index in [0.29, 0.717) is 36.8 Å². The second kappa shape index (κ2) is 9.38. The van der Waals surface area contributed by atoms with Crippen LogP contribution in [0.3, 0.4) is 0 Å². The van der Waals surface area contributed by atoms with E-state index in [9.17, 15) is 9.59 Å². The highest BCUT2D eigenvalue weighted by Crippen LogP contribution is 2.32. The van der Waals surface area contributed by atoms with E-state index in [1.54, 1.807) is 0 Å². The van der Waals surface area contributed by atoms with Crippen LogP contribution >= 0.6 is 12.4 Å². The summed E-state index contributed by atoms with van der Waals surface area (Å²) in [6.07, 6.45) is 5.85. The zero-order valence-corrected chi connectivity index (χ0v) is 16.4. The second-order valence-electron chi connectivity index (χ2n) is 7.95. The third kappa shape index (κ3) is 5.99. The molecule has 2 aliphatic rings. The van der Waals surface area contributed by atoms with Crippen molar-refractivity contribution in [3.05, 3.63) is 24.3 Å². The Kier molecular flexibility index (Phi) is 7.47. The number of fused-ring (bicyclic) bond motifs is 2. The molecule has 2 saturated heterocycles. The van der Waals surface area contributed by atoms with Gasteiger partial charge in [0, 0.05) is 36.3 Å². The van der Waals surface area contributed by atoms with Gasteiger partial charge in [0.2, 0.25) is 11.8 Å². The molecule has 2 amide bonds. The molecular formula is C20H30ClN3O2. The van der Waals surface area contributed by atoms with Gasteiger partial charge in [0.05, 0.1) is 0 Å². The van der Waals surface area contributed by atoms with E-state index < -0.39 is 0 Å². The maximum absolute atomic E-state index is 12.3. The summed E-state index contributed by atoms with van der Waals surface area (Å²) < 4.78 is 0. The van der Waals surface area contributed by atoms with Crippen molar-refractivity contribution < 1.29 is 9.59 Å². The fourth-order valence-corrected chi connectivity index (χ4v) is 4.04. The van der Waals surface area contributed by atoms with E-state index in [2.05, 4.69) is 16.0 Å². The van der Waals surface area contributed by atoms with E-state index in [4.69, 9.17) is 0 Å². The van der Waals surface area contributed by atoms with Gasteiger partial charge in [-0.3, -0.25) is 9.59 Å². The minimum Gasteiger partial charge on any atom is -0.326 e. The largest absolute Gasteiger partial charge is 0.326 e. The van der Waals surface area contributed by atoms with Crippen molar-refractivity contribution in [1.82, 2.24) is 5.32 Å². The van der Waals surface area contributed by atoms with Gasteiger partial charge in [-0.15, -0.1) is 12.4 Å². The Balaban J connectivity index is 0.00000243. The highest BCUT2D eigenvalue weighted by molar-refractivity contribution is 5.93. The van der Waals surface area contributed by atoms with Gasteiger partial charge in [-0.25, -0.2) is 0 Å². The average Bonchev–Trinajstić information content (AvgIpc) is 2.87. The van der Waals surface area contributed by atoms with Crippen LogP contribution < -0.4 is 16.0 Å². The number of anilines is 2. The molecule has 0 spiro atoms. The standard InChI is InChI=1S/C20H29N3O2.ClH/c1-13(2)9-19(24)22-15-3-5-16(6-4-15)23-20(25)12-14-10-17-7-8-18(11-14)21-17;/h3-6,13-14,17-18,21H,7-12H2,1-2H3,(H,22,24)(H,23,25);1H. The van der Waals surface area contributed by atoms with Gasteiger partial charge in [-0.1, -0.05) is 13.8 Å². The molecule has 2 unspecified atom stereocenters. The van der Waals surface area contributed by atoms with E-state index in [1.807, 2.05) is 38.1 Å². The first-order chi connectivity index (χ1) is 12.0. The first-order valence-corrected chi connectivity index (χ1v) is 9.43. The van der Waals surface area contributed by atoms with Crippen molar-refractivity contribution >= 4 is 35.6 Å². The summed E-state index contributed by atoms with van der Waals surface area (Å²) in [5.41, 5.74) is 1.54. The van der Waals surface area contributed by atoms with Crippen molar-refractivity contribution in [2.75, 3.05) is 10.6 Å². The molecule has 1 aromatic rings. The molecule has 1 aromatic carbocycles. The van der Waals surface area contributed by atoms with E-state index in [1.165, 1.54) is 12.8 Å². The van der Waals surface area contributed by atoms with Crippen molar-refractivity contribution in [3.8, 4) is 0 Å². The molecule has 5 nitrogen and oxygen atoms in total. The van der Waals surface area contributed by atoms with Gasteiger partial charge < -0.3 is 16.0 Å². The third-order valence-corrected chi connectivity index (χ3v) is 5.09. The van der Waals surface area contributed by atoms with Crippen LogP contribution in [0.1, 0.15) is 52.4 Å². The molecule has 2 aliphatic heterocycles. The van der Waals surface area contributed by atoms with E-state index in [0.717, 1.165) is 24.2 Å². The molecule has 0 aromatic heterocycles. The number of halogens is 1. The molecule has 0 saturated carbocycles. The number of hydrogen-bond acceptors (Lipinski definition) is 3. The number of carbonyl (C=O) groups excluding carboxylic acids is 2. The van der Waals surface area contributed by atoms with Crippen molar-refractivity contribution in [3.63, 3.8) is 0 Å². The predicted octanol–water partition coefficient (Wildman–Crippen LogP) is 3.95. The minimum absolute atomic E-state index is 0. The molecule has 144 valence electrons. The Bertz CT molecular complexity index is 606. The van der Waals surface area contributed by atoms with Crippen LogP contribution in [0.5, 0.6) is 0 Å². The molecule has 2 fully saturated rings. The SMILES string of the molecule is CC(C)CC(=O)Nc1ccc(NC(=O)CC2CC3CCC(C2)N3)cc1.Cl. The van der Waals surface area contributed by atoms with Crippen LogP contribution in [-0.4, -0.2) is 23.9 Å². The molecule has 3 N–H and O–H groups in total. The van der Waals surface area contributed by atoms with E-state index in [-0.39, 0.29) is 24.2 Å². The smallest absolute Gasteiger partial charge is 0.224 e. The third-order valence-electron chi connectivity index (χ3n) is 5.09. The molecule has 26 heavy (non-hydrogen) atoms. The summed E-state index contributed by atoms with van der Waals surface area (Å²) in [5.74, 6) is 0.937. The number of amides is 2. The Morgan fingerprint density at radius 2 is 1.50 bits per heavy atom. The number of hydrogen-bond donors (Lipinski definition) is 3. The van der Waals surface area contributed by atoms with Crippen LogP contribution in [-0.2, 0) is 9.59 Å². The predicted molar refractivity (Wildman–Crippen MR) is 108 cm³/mol. The first kappa shape index (κ1) is 20.7.